The van der Waals surface area contributed by atoms with Crippen LogP contribution in [0.1, 0.15) is 12.8 Å². The van der Waals surface area contributed by atoms with Gasteiger partial charge < -0.3 is 14.7 Å². The van der Waals surface area contributed by atoms with Crippen LogP contribution in [0.4, 0.5) is 5.69 Å². The molecule has 5 nitrogen and oxygen atoms in total. The molecule has 2 heterocycles. The van der Waals surface area contributed by atoms with Crippen LogP contribution < -0.4 is 9.64 Å². The number of benzene rings is 1. The van der Waals surface area contributed by atoms with E-state index in [-0.39, 0.29) is 0 Å². The van der Waals surface area contributed by atoms with Crippen molar-refractivity contribution in [2.75, 3.05) is 18.6 Å². The number of fused-ring (bicyclic) bond motifs is 1. The summed E-state index contributed by atoms with van der Waals surface area (Å²) in [5.74, 6) is -0.198. The van der Waals surface area contributed by atoms with E-state index in [9.17, 15) is 9.90 Å². The smallest absolute Gasteiger partial charge is 0.326 e. The summed E-state index contributed by atoms with van der Waals surface area (Å²) < 4.78 is 5.27. The third-order valence-electron chi connectivity index (χ3n) is 3.78. The average molecular weight is 272 g/mol. The molecular weight excluding hydrogens is 256 g/mol. The van der Waals surface area contributed by atoms with Crippen LogP contribution >= 0.6 is 0 Å². The van der Waals surface area contributed by atoms with Crippen LogP contribution in [-0.4, -0.2) is 35.8 Å². The Kier molecular flexibility index (Phi) is 3.18. The second-order valence-electron chi connectivity index (χ2n) is 4.92. The van der Waals surface area contributed by atoms with Gasteiger partial charge in [0, 0.05) is 23.8 Å². The van der Waals surface area contributed by atoms with E-state index in [1.54, 1.807) is 13.3 Å². The van der Waals surface area contributed by atoms with Crippen LogP contribution in [0, 0.1) is 0 Å². The van der Waals surface area contributed by atoms with Gasteiger partial charge in [0.25, 0.3) is 0 Å². The molecule has 1 saturated heterocycles. The van der Waals surface area contributed by atoms with Gasteiger partial charge in [-0.2, -0.15) is 0 Å². The minimum atomic E-state index is -0.763. The molecule has 0 amide bonds. The summed E-state index contributed by atoms with van der Waals surface area (Å²) in [5.41, 5.74) is 0.911. The molecule has 5 heteroatoms. The summed E-state index contributed by atoms with van der Waals surface area (Å²) in [5, 5.41) is 11.2. The normalized spacial score (nSPS) is 18.4. The fourth-order valence-electron chi connectivity index (χ4n) is 2.80. The zero-order valence-corrected chi connectivity index (χ0v) is 11.2. The lowest BCUT2D eigenvalue weighted by Crippen LogP contribution is -2.35. The minimum Gasteiger partial charge on any atom is -0.481 e. The van der Waals surface area contributed by atoms with Gasteiger partial charge >= 0.3 is 5.97 Å². The standard InChI is InChI=1S/C15H16N2O3/c1-20-14-12-9-11(5-4-10(12)6-7-16-14)17-8-2-3-13(17)15(18)19/h4-7,9,13H,2-3,8H2,1H3,(H,18,19). The molecule has 3 rings (SSSR count). The number of hydrogen-bond acceptors (Lipinski definition) is 4. The molecule has 0 bridgehead atoms. The van der Waals surface area contributed by atoms with E-state index in [1.807, 2.05) is 29.2 Å². The fourth-order valence-corrected chi connectivity index (χ4v) is 2.80. The Hall–Kier alpha value is -2.30. The van der Waals surface area contributed by atoms with Gasteiger partial charge in [-0.15, -0.1) is 0 Å². The van der Waals surface area contributed by atoms with Crippen molar-refractivity contribution in [2.45, 2.75) is 18.9 Å². The van der Waals surface area contributed by atoms with Crippen molar-refractivity contribution in [3.63, 3.8) is 0 Å². The van der Waals surface area contributed by atoms with Crippen LogP contribution in [0.25, 0.3) is 10.8 Å². The molecule has 2 aromatic rings. The topological polar surface area (TPSA) is 62.7 Å². The zero-order valence-electron chi connectivity index (χ0n) is 11.2. The number of methoxy groups -OCH3 is 1. The van der Waals surface area contributed by atoms with Crippen molar-refractivity contribution in [3.8, 4) is 5.88 Å². The number of carboxylic acid groups (broad SMARTS) is 1. The van der Waals surface area contributed by atoms with Crippen molar-refractivity contribution >= 4 is 22.4 Å². The van der Waals surface area contributed by atoms with Crippen molar-refractivity contribution in [1.82, 2.24) is 4.98 Å². The largest absolute Gasteiger partial charge is 0.481 e. The van der Waals surface area contributed by atoms with Crippen molar-refractivity contribution in [3.05, 3.63) is 30.5 Å². The van der Waals surface area contributed by atoms with E-state index in [2.05, 4.69) is 4.98 Å². The van der Waals surface area contributed by atoms with E-state index in [4.69, 9.17) is 4.74 Å². The van der Waals surface area contributed by atoms with Crippen LogP contribution in [0.5, 0.6) is 5.88 Å². The first-order chi connectivity index (χ1) is 9.70. The Morgan fingerprint density at radius 2 is 2.30 bits per heavy atom. The molecule has 20 heavy (non-hydrogen) atoms. The predicted molar refractivity (Wildman–Crippen MR) is 76.3 cm³/mol. The van der Waals surface area contributed by atoms with E-state index in [1.165, 1.54) is 0 Å². The van der Waals surface area contributed by atoms with Crippen LogP contribution in [0.15, 0.2) is 30.5 Å². The highest BCUT2D eigenvalue weighted by Crippen LogP contribution is 2.31. The lowest BCUT2D eigenvalue weighted by Gasteiger charge is -2.24. The highest BCUT2D eigenvalue weighted by atomic mass is 16.5. The van der Waals surface area contributed by atoms with E-state index in [0.717, 1.165) is 29.4 Å². The second kappa shape index (κ2) is 5.00. The number of carboxylic acids is 1. The number of aliphatic carboxylic acids is 1. The first-order valence-electron chi connectivity index (χ1n) is 6.63. The highest BCUT2D eigenvalue weighted by Gasteiger charge is 2.30. The van der Waals surface area contributed by atoms with E-state index in [0.29, 0.717) is 12.3 Å². The molecule has 104 valence electrons. The van der Waals surface area contributed by atoms with E-state index < -0.39 is 12.0 Å². The summed E-state index contributed by atoms with van der Waals surface area (Å²) in [6, 6.07) is 7.38. The number of aromatic nitrogens is 1. The van der Waals surface area contributed by atoms with Crippen molar-refractivity contribution in [1.29, 1.82) is 0 Å². The van der Waals surface area contributed by atoms with Crippen molar-refractivity contribution in [2.24, 2.45) is 0 Å². The first-order valence-corrected chi connectivity index (χ1v) is 6.63. The molecule has 1 fully saturated rings. The van der Waals surface area contributed by atoms with Gasteiger partial charge in [0.05, 0.1) is 7.11 Å². The highest BCUT2D eigenvalue weighted by molar-refractivity contribution is 5.90. The second-order valence-corrected chi connectivity index (χ2v) is 4.92. The number of pyridine rings is 1. The Morgan fingerprint density at radius 1 is 1.45 bits per heavy atom. The number of ether oxygens (including phenoxy) is 1. The Balaban J connectivity index is 2.06. The quantitative estimate of drug-likeness (QED) is 0.928. The number of anilines is 1. The Bertz CT molecular complexity index is 657. The summed E-state index contributed by atoms with van der Waals surface area (Å²) in [6.45, 7) is 0.769. The van der Waals surface area contributed by atoms with Crippen LogP contribution in [-0.2, 0) is 4.79 Å². The molecule has 0 radical (unpaired) electrons. The van der Waals surface area contributed by atoms with Gasteiger partial charge in [0.1, 0.15) is 6.04 Å². The van der Waals surface area contributed by atoms with Gasteiger partial charge in [0.15, 0.2) is 0 Å². The molecule has 1 aliphatic rings. The molecular formula is C15H16N2O3. The molecule has 0 spiro atoms. The van der Waals surface area contributed by atoms with Gasteiger partial charge in [-0.05, 0) is 36.4 Å². The van der Waals surface area contributed by atoms with E-state index >= 15 is 0 Å². The summed E-state index contributed by atoms with van der Waals surface area (Å²) in [6.07, 6.45) is 3.30. The molecule has 0 saturated carbocycles. The maximum Gasteiger partial charge on any atom is 0.326 e. The molecule has 1 N–H and O–H groups in total. The number of carbonyl (C=O) groups is 1. The van der Waals surface area contributed by atoms with Crippen LogP contribution in [0.2, 0.25) is 0 Å². The minimum absolute atomic E-state index is 0.435. The first kappa shape index (κ1) is 12.7. The SMILES string of the molecule is COc1nccc2ccc(N3CCCC3C(=O)O)cc12. The summed E-state index contributed by atoms with van der Waals surface area (Å²) >= 11 is 0. The number of hydrogen-bond donors (Lipinski definition) is 1. The third-order valence-corrected chi connectivity index (χ3v) is 3.78. The lowest BCUT2D eigenvalue weighted by molar-refractivity contribution is -0.138. The fraction of sp³-hybridized carbons (Fsp3) is 0.333. The maximum atomic E-state index is 11.3. The molecule has 1 aromatic heterocycles. The Labute approximate surface area is 116 Å². The predicted octanol–water partition coefficient (Wildman–Crippen LogP) is 2.30. The molecule has 1 atom stereocenters. The molecule has 0 aliphatic carbocycles. The summed E-state index contributed by atoms with van der Waals surface area (Å²) in [4.78, 5) is 17.4. The van der Waals surface area contributed by atoms with Gasteiger partial charge in [0.2, 0.25) is 5.88 Å². The third kappa shape index (κ3) is 2.05. The average Bonchev–Trinajstić information content (AvgIpc) is 2.95. The van der Waals surface area contributed by atoms with Gasteiger partial charge in [-0.3, -0.25) is 0 Å². The summed E-state index contributed by atoms with van der Waals surface area (Å²) in [7, 11) is 1.59. The van der Waals surface area contributed by atoms with Gasteiger partial charge in [-0.1, -0.05) is 6.07 Å². The molecule has 1 unspecified atom stereocenters. The molecule has 1 aliphatic heterocycles. The number of nitrogens with zero attached hydrogens (tertiary/aromatic N) is 2. The van der Waals surface area contributed by atoms with Crippen LogP contribution in [0.3, 0.4) is 0 Å². The van der Waals surface area contributed by atoms with Gasteiger partial charge in [-0.25, -0.2) is 9.78 Å². The maximum absolute atomic E-state index is 11.3. The van der Waals surface area contributed by atoms with Crippen molar-refractivity contribution < 1.29 is 14.6 Å². The molecule has 1 aromatic carbocycles. The lowest BCUT2D eigenvalue weighted by atomic mass is 10.1. The Morgan fingerprint density at radius 3 is 3.05 bits per heavy atom. The monoisotopic (exact) mass is 272 g/mol. The zero-order chi connectivity index (χ0) is 14.1. The number of rotatable bonds is 3.